The third-order valence-electron chi connectivity index (χ3n) is 2.82. The molecule has 1 aromatic heterocycles. The molecule has 0 fully saturated rings. The van der Waals surface area contributed by atoms with Crippen LogP contribution in [0.15, 0.2) is 42.5 Å². The first-order valence-corrected chi connectivity index (χ1v) is 7.12. The van der Waals surface area contributed by atoms with Crippen molar-refractivity contribution in [2.24, 2.45) is 0 Å². The summed E-state index contributed by atoms with van der Waals surface area (Å²) in [6.07, 6.45) is -4.48. The molecule has 0 bridgehead atoms. The SMILES string of the molecule is FC(F)(F)c1cc(Nc2nc3ccccc3s2)ccc1Cl. The molecule has 0 amide bonds. The number of anilines is 2. The minimum atomic E-state index is -4.48. The second-order valence-corrected chi connectivity index (χ2v) is 5.74. The first kappa shape index (κ1) is 14.2. The topological polar surface area (TPSA) is 24.9 Å². The van der Waals surface area contributed by atoms with Gasteiger partial charge in [-0.05, 0) is 30.3 Å². The Hall–Kier alpha value is -1.79. The summed E-state index contributed by atoms with van der Waals surface area (Å²) in [7, 11) is 0. The Morgan fingerprint density at radius 3 is 2.57 bits per heavy atom. The summed E-state index contributed by atoms with van der Waals surface area (Å²) in [5.41, 5.74) is 0.232. The predicted molar refractivity (Wildman–Crippen MR) is 79.4 cm³/mol. The summed E-state index contributed by atoms with van der Waals surface area (Å²) in [5, 5.41) is 3.09. The largest absolute Gasteiger partial charge is 0.417 e. The van der Waals surface area contributed by atoms with Gasteiger partial charge >= 0.3 is 6.18 Å². The molecule has 0 radical (unpaired) electrons. The van der Waals surface area contributed by atoms with Gasteiger partial charge in [0.1, 0.15) is 0 Å². The number of rotatable bonds is 2. The third kappa shape index (κ3) is 2.96. The van der Waals surface area contributed by atoms with Crippen LogP contribution in [0.3, 0.4) is 0 Å². The van der Waals surface area contributed by atoms with E-state index in [-0.39, 0.29) is 5.02 Å². The first-order chi connectivity index (χ1) is 9.93. The summed E-state index contributed by atoms with van der Waals surface area (Å²) in [6, 6.07) is 11.2. The highest BCUT2D eigenvalue weighted by molar-refractivity contribution is 7.22. The summed E-state index contributed by atoms with van der Waals surface area (Å²) in [5.74, 6) is 0. The van der Waals surface area contributed by atoms with Crippen LogP contribution in [0.4, 0.5) is 24.0 Å². The van der Waals surface area contributed by atoms with Crippen molar-refractivity contribution in [3.63, 3.8) is 0 Å². The Morgan fingerprint density at radius 2 is 1.86 bits per heavy atom. The maximum absolute atomic E-state index is 12.8. The van der Waals surface area contributed by atoms with Crippen molar-refractivity contribution in [3.05, 3.63) is 53.1 Å². The van der Waals surface area contributed by atoms with E-state index in [1.54, 1.807) is 0 Å². The molecule has 1 heterocycles. The second-order valence-electron chi connectivity index (χ2n) is 4.30. The maximum Gasteiger partial charge on any atom is 0.417 e. The zero-order chi connectivity index (χ0) is 15.0. The number of para-hydroxylation sites is 1. The molecule has 0 saturated heterocycles. The molecule has 21 heavy (non-hydrogen) atoms. The number of halogens is 4. The van der Waals surface area contributed by atoms with Gasteiger partial charge in [0.2, 0.25) is 0 Å². The van der Waals surface area contributed by atoms with E-state index in [9.17, 15) is 13.2 Å². The van der Waals surface area contributed by atoms with Crippen LogP contribution in [0.1, 0.15) is 5.56 Å². The van der Waals surface area contributed by atoms with Gasteiger partial charge in [0.25, 0.3) is 0 Å². The molecular formula is C14H8ClF3N2S. The molecule has 0 aliphatic rings. The average molecular weight is 329 g/mol. The Bertz CT molecular complexity index is 765. The summed E-state index contributed by atoms with van der Waals surface area (Å²) < 4.78 is 39.4. The number of alkyl halides is 3. The molecular weight excluding hydrogens is 321 g/mol. The second kappa shape index (κ2) is 5.20. The van der Waals surface area contributed by atoms with E-state index >= 15 is 0 Å². The van der Waals surface area contributed by atoms with Gasteiger partial charge in [-0.15, -0.1) is 0 Å². The van der Waals surface area contributed by atoms with Gasteiger partial charge in [0, 0.05) is 5.69 Å². The minimum absolute atomic E-state index is 0.297. The van der Waals surface area contributed by atoms with E-state index in [4.69, 9.17) is 11.6 Å². The average Bonchev–Trinajstić information content (AvgIpc) is 2.82. The van der Waals surface area contributed by atoms with Crippen molar-refractivity contribution in [1.82, 2.24) is 4.98 Å². The Morgan fingerprint density at radius 1 is 1.10 bits per heavy atom. The molecule has 7 heteroatoms. The van der Waals surface area contributed by atoms with E-state index < -0.39 is 11.7 Å². The number of nitrogens with zero attached hydrogens (tertiary/aromatic N) is 1. The van der Waals surface area contributed by atoms with Gasteiger partial charge < -0.3 is 5.32 Å². The van der Waals surface area contributed by atoms with Gasteiger partial charge in [-0.2, -0.15) is 13.2 Å². The molecule has 108 valence electrons. The lowest BCUT2D eigenvalue weighted by Crippen LogP contribution is -2.06. The Balaban J connectivity index is 1.94. The zero-order valence-corrected chi connectivity index (χ0v) is 12.0. The third-order valence-corrected chi connectivity index (χ3v) is 4.10. The van der Waals surface area contributed by atoms with E-state index in [1.165, 1.54) is 23.5 Å². The molecule has 0 atom stereocenters. The standard InChI is InChI=1S/C14H8ClF3N2S/c15-10-6-5-8(7-9(10)14(16,17)18)19-13-20-11-3-1-2-4-12(11)21-13/h1-7H,(H,19,20). The molecule has 0 saturated carbocycles. The fourth-order valence-corrected chi connectivity index (χ4v) is 2.98. The highest BCUT2D eigenvalue weighted by Crippen LogP contribution is 2.37. The minimum Gasteiger partial charge on any atom is -0.332 e. The van der Waals surface area contributed by atoms with Gasteiger partial charge in [-0.25, -0.2) is 4.98 Å². The van der Waals surface area contributed by atoms with Crippen molar-refractivity contribution < 1.29 is 13.2 Å². The lowest BCUT2D eigenvalue weighted by molar-refractivity contribution is -0.137. The van der Waals surface area contributed by atoms with Crippen LogP contribution in [-0.2, 0) is 6.18 Å². The Kier molecular flexibility index (Phi) is 3.51. The maximum atomic E-state index is 12.8. The van der Waals surface area contributed by atoms with E-state index in [2.05, 4.69) is 10.3 Å². The molecule has 3 rings (SSSR count). The monoisotopic (exact) mass is 328 g/mol. The molecule has 2 aromatic carbocycles. The number of aromatic nitrogens is 1. The number of hydrogen-bond acceptors (Lipinski definition) is 3. The van der Waals surface area contributed by atoms with E-state index in [0.29, 0.717) is 10.8 Å². The van der Waals surface area contributed by atoms with Crippen LogP contribution in [-0.4, -0.2) is 4.98 Å². The highest BCUT2D eigenvalue weighted by atomic mass is 35.5. The molecule has 0 aliphatic carbocycles. The highest BCUT2D eigenvalue weighted by Gasteiger charge is 2.33. The van der Waals surface area contributed by atoms with Gasteiger partial charge in [0.15, 0.2) is 5.13 Å². The fourth-order valence-electron chi connectivity index (χ4n) is 1.87. The van der Waals surface area contributed by atoms with Crippen LogP contribution in [0.2, 0.25) is 5.02 Å². The normalized spacial score (nSPS) is 11.8. The number of benzene rings is 2. The molecule has 2 nitrogen and oxygen atoms in total. The first-order valence-electron chi connectivity index (χ1n) is 5.93. The summed E-state index contributed by atoms with van der Waals surface area (Å²) in [4.78, 5) is 4.32. The van der Waals surface area contributed by atoms with E-state index in [1.807, 2.05) is 24.3 Å². The van der Waals surface area contributed by atoms with E-state index in [0.717, 1.165) is 16.3 Å². The lowest BCUT2D eigenvalue weighted by Gasteiger charge is -2.11. The number of thiazole rings is 1. The van der Waals surface area contributed by atoms with Crippen LogP contribution in [0, 0.1) is 0 Å². The molecule has 0 unspecified atom stereocenters. The smallest absolute Gasteiger partial charge is 0.332 e. The van der Waals surface area contributed by atoms with Crippen LogP contribution >= 0.6 is 22.9 Å². The summed E-state index contributed by atoms with van der Waals surface area (Å²) >= 11 is 6.96. The lowest BCUT2D eigenvalue weighted by atomic mass is 10.2. The van der Waals surface area contributed by atoms with Crippen molar-refractivity contribution in [3.8, 4) is 0 Å². The van der Waals surface area contributed by atoms with Gasteiger partial charge in [-0.3, -0.25) is 0 Å². The molecule has 3 aromatic rings. The summed E-state index contributed by atoms with van der Waals surface area (Å²) in [6.45, 7) is 0. The van der Waals surface area contributed by atoms with Crippen molar-refractivity contribution in [2.45, 2.75) is 6.18 Å². The molecule has 0 aliphatic heterocycles. The van der Waals surface area contributed by atoms with Gasteiger partial charge in [-0.1, -0.05) is 35.1 Å². The molecule has 1 N–H and O–H groups in total. The van der Waals surface area contributed by atoms with Crippen molar-refractivity contribution in [1.29, 1.82) is 0 Å². The van der Waals surface area contributed by atoms with Crippen LogP contribution < -0.4 is 5.32 Å². The molecule has 0 spiro atoms. The van der Waals surface area contributed by atoms with Gasteiger partial charge in [0.05, 0.1) is 20.8 Å². The van der Waals surface area contributed by atoms with Crippen molar-refractivity contribution >= 4 is 44.0 Å². The van der Waals surface area contributed by atoms with Crippen LogP contribution in [0.25, 0.3) is 10.2 Å². The quantitative estimate of drug-likeness (QED) is 0.651. The number of nitrogens with one attached hydrogen (secondary N) is 1. The van der Waals surface area contributed by atoms with Crippen molar-refractivity contribution in [2.75, 3.05) is 5.32 Å². The zero-order valence-electron chi connectivity index (χ0n) is 10.4. The van der Waals surface area contributed by atoms with Crippen LogP contribution in [0.5, 0.6) is 0 Å². The Labute approximate surface area is 127 Å². The predicted octanol–water partition coefficient (Wildman–Crippen LogP) is 5.71. The number of hydrogen-bond donors (Lipinski definition) is 1. The fraction of sp³-hybridized carbons (Fsp3) is 0.0714. The number of fused-ring (bicyclic) bond motifs is 1.